The molecule has 1 aliphatic rings. The Balaban J connectivity index is 2.25. The Hall–Kier alpha value is -2.82. The minimum atomic E-state index is -1.05. The van der Waals surface area contributed by atoms with Gasteiger partial charge in [-0.25, -0.2) is 9.59 Å². The van der Waals surface area contributed by atoms with Crippen LogP contribution in [-0.4, -0.2) is 35.2 Å². The lowest BCUT2D eigenvalue weighted by atomic mass is 9.84. The maximum absolute atomic E-state index is 12.8. The summed E-state index contributed by atoms with van der Waals surface area (Å²) < 4.78 is 5.00. The zero-order valence-electron chi connectivity index (χ0n) is 15.4. The van der Waals surface area contributed by atoms with Crippen LogP contribution in [0.3, 0.4) is 0 Å². The Morgan fingerprint density at radius 2 is 1.46 bits per heavy atom. The largest absolute Gasteiger partial charge is 0.480 e. The van der Waals surface area contributed by atoms with Gasteiger partial charge in [0.1, 0.15) is 6.04 Å². The van der Waals surface area contributed by atoms with E-state index in [9.17, 15) is 14.7 Å². The highest BCUT2D eigenvalue weighted by molar-refractivity contribution is 5.85. The number of rotatable bonds is 3. The van der Waals surface area contributed by atoms with E-state index in [0.717, 1.165) is 22.3 Å². The SMILES string of the molecule is COC(=O)N(C1c2ccccc2-c2ccccc21)[C@H](C(=O)O)C(C)(C)C. The molecule has 0 radical (unpaired) electrons. The first-order chi connectivity index (χ1) is 12.3. The van der Waals surface area contributed by atoms with Gasteiger partial charge < -0.3 is 9.84 Å². The van der Waals surface area contributed by atoms with Crippen molar-refractivity contribution < 1.29 is 19.4 Å². The number of carboxylic acids is 1. The third-order valence-corrected chi connectivity index (χ3v) is 4.80. The first-order valence-electron chi connectivity index (χ1n) is 8.54. The van der Waals surface area contributed by atoms with E-state index in [0.29, 0.717) is 0 Å². The van der Waals surface area contributed by atoms with Crippen molar-refractivity contribution >= 4 is 12.1 Å². The van der Waals surface area contributed by atoms with Gasteiger partial charge in [0.25, 0.3) is 0 Å². The van der Waals surface area contributed by atoms with Gasteiger partial charge in [0.05, 0.1) is 13.2 Å². The standard InChI is InChI=1S/C21H23NO4/c1-21(2,3)18(19(23)24)22(20(25)26-4)17-15-11-7-5-9-13(15)14-10-6-8-12-16(14)17/h5-12,17-18H,1-4H3,(H,23,24)/t18-/m1/s1. The number of aliphatic carboxylic acids is 1. The Bertz CT molecular complexity index is 808. The van der Waals surface area contributed by atoms with Crippen LogP contribution < -0.4 is 0 Å². The third kappa shape index (κ3) is 2.83. The number of carbonyl (C=O) groups is 2. The second kappa shape index (κ2) is 6.48. The maximum Gasteiger partial charge on any atom is 0.411 e. The van der Waals surface area contributed by atoms with Crippen molar-refractivity contribution in [3.8, 4) is 11.1 Å². The molecule has 0 saturated carbocycles. The fourth-order valence-electron chi connectivity index (χ4n) is 3.80. The molecule has 26 heavy (non-hydrogen) atoms. The second-order valence-electron chi connectivity index (χ2n) is 7.56. The summed E-state index contributed by atoms with van der Waals surface area (Å²) in [6, 6.07) is 14.0. The average Bonchev–Trinajstić information content (AvgIpc) is 2.92. The van der Waals surface area contributed by atoms with Crippen molar-refractivity contribution in [3.05, 3.63) is 59.7 Å². The number of amides is 1. The van der Waals surface area contributed by atoms with Crippen molar-refractivity contribution in [2.45, 2.75) is 32.9 Å². The molecule has 0 fully saturated rings. The van der Waals surface area contributed by atoms with Crippen molar-refractivity contribution in [3.63, 3.8) is 0 Å². The second-order valence-corrected chi connectivity index (χ2v) is 7.56. The molecule has 2 aromatic carbocycles. The predicted octanol–water partition coefficient (Wildman–Crippen LogP) is 4.32. The van der Waals surface area contributed by atoms with Gasteiger partial charge in [-0.1, -0.05) is 69.3 Å². The molecule has 1 N–H and O–H groups in total. The van der Waals surface area contributed by atoms with Crippen LogP contribution in [0.25, 0.3) is 11.1 Å². The molecule has 3 rings (SSSR count). The topological polar surface area (TPSA) is 66.8 Å². The fourth-order valence-corrected chi connectivity index (χ4v) is 3.80. The number of nitrogens with zero attached hydrogens (tertiary/aromatic N) is 1. The number of ether oxygens (including phenoxy) is 1. The van der Waals surface area contributed by atoms with E-state index in [2.05, 4.69) is 0 Å². The molecule has 0 aromatic heterocycles. The quantitative estimate of drug-likeness (QED) is 0.892. The summed E-state index contributed by atoms with van der Waals surface area (Å²) in [6.07, 6.45) is -0.649. The number of carboxylic acid groups (broad SMARTS) is 1. The first-order valence-corrected chi connectivity index (χ1v) is 8.54. The first kappa shape index (κ1) is 18.0. The van der Waals surface area contributed by atoms with Gasteiger partial charge in [0.2, 0.25) is 0 Å². The summed E-state index contributed by atoms with van der Waals surface area (Å²) in [7, 11) is 1.28. The Labute approximate surface area is 153 Å². The molecule has 1 amide bonds. The molecule has 0 heterocycles. The summed E-state index contributed by atoms with van der Waals surface area (Å²) in [5, 5.41) is 9.93. The molecule has 0 spiro atoms. The van der Waals surface area contributed by atoms with E-state index >= 15 is 0 Å². The number of methoxy groups -OCH3 is 1. The van der Waals surface area contributed by atoms with Gasteiger partial charge in [0, 0.05) is 0 Å². The van der Waals surface area contributed by atoms with Crippen LogP contribution in [0.1, 0.15) is 37.9 Å². The maximum atomic E-state index is 12.8. The van der Waals surface area contributed by atoms with E-state index in [-0.39, 0.29) is 0 Å². The molecule has 1 atom stereocenters. The van der Waals surface area contributed by atoms with Crippen LogP contribution in [0, 0.1) is 5.41 Å². The van der Waals surface area contributed by atoms with Gasteiger partial charge >= 0.3 is 12.1 Å². The molecule has 5 heteroatoms. The molecule has 0 aliphatic heterocycles. The zero-order chi connectivity index (χ0) is 19.1. The number of hydrogen-bond acceptors (Lipinski definition) is 3. The van der Waals surface area contributed by atoms with Gasteiger partial charge in [-0.15, -0.1) is 0 Å². The van der Waals surface area contributed by atoms with Crippen molar-refractivity contribution in [1.82, 2.24) is 4.90 Å². The van der Waals surface area contributed by atoms with Crippen molar-refractivity contribution in [1.29, 1.82) is 0 Å². The van der Waals surface area contributed by atoms with Crippen LogP contribution in [0.15, 0.2) is 48.5 Å². The van der Waals surface area contributed by atoms with E-state index in [1.165, 1.54) is 12.0 Å². The summed E-state index contributed by atoms with van der Waals surface area (Å²) in [5.74, 6) is -1.05. The van der Waals surface area contributed by atoms with Gasteiger partial charge in [-0.05, 0) is 27.7 Å². The zero-order valence-corrected chi connectivity index (χ0v) is 15.4. The van der Waals surface area contributed by atoms with Crippen LogP contribution >= 0.6 is 0 Å². The van der Waals surface area contributed by atoms with E-state index < -0.39 is 29.6 Å². The fraction of sp³-hybridized carbons (Fsp3) is 0.333. The van der Waals surface area contributed by atoms with E-state index in [1.807, 2.05) is 69.3 Å². The average molecular weight is 353 g/mol. The summed E-state index contributed by atoms with van der Waals surface area (Å²) in [5.41, 5.74) is 3.18. The predicted molar refractivity (Wildman–Crippen MR) is 98.8 cm³/mol. The molecule has 136 valence electrons. The molecule has 2 aromatic rings. The van der Waals surface area contributed by atoms with Gasteiger partial charge in [-0.3, -0.25) is 4.90 Å². The minimum Gasteiger partial charge on any atom is -0.480 e. The lowest BCUT2D eigenvalue weighted by Gasteiger charge is -2.40. The van der Waals surface area contributed by atoms with Crippen LogP contribution in [-0.2, 0) is 9.53 Å². The Kier molecular flexibility index (Phi) is 4.48. The molecule has 1 aliphatic carbocycles. The smallest absolute Gasteiger partial charge is 0.411 e. The number of benzene rings is 2. The summed E-state index contributed by atoms with van der Waals surface area (Å²) in [6.45, 7) is 5.44. The van der Waals surface area contributed by atoms with Crippen LogP contribution in [0.2, 0.25) is 0 Å². The van der Waals surface area contributed by atoms with Crippen LogP contribution in [0.5, 0.6) is 0 Å². The molecule has 0 saturated heterocycles. The highest BCUT2D eigenvalue weighted by Gasteiger charge is 2.46. The highest BCUT2D eigenvalue weighted by atomic mass is 16.5. The van der Waals surface area contributed by atoms with Gasteiger partial charge in [0.15, 0.2) is 0 Å². The molecule has 5 nitrogen and oxygen atoms in total. The molecule has 0 unspecified atom stereocenters. The summed E-state index contributed by atoms with van der Waals surface area (Å²) in [4.78, 5) is 26.3. The van der Waals surface area contributed by atoms with Crippen molar-refractivity contribution in [2.75, 3.05) is 7.11 Å². The van der Waals surface area contributed by atoms with E-state index in [4.69, 9.17) is 4.74 Å². The molecule has 0 bridgehead atoms. The van der Waals surface area contributed by atoms with Gasteiger partial charge in [-0.2, -0.15) is 0 Å². The number of fused-ring (bicyclic) bond motifs is 3. The Morgan fingerprint density at radius 1 is 1.00 bits per heavy atom. The normalized spacial score (nSPS) is 14.3. The number of carbonyl (C=O) groups excluding carboxylic acids is 1. The third-order valence-electron chi connectivity index (χ3n) is 4.80. The van der Waals surface area contributed by atoms with E-state index in [1.54, 1.807) is 0 Å². The lowest BCUT2D eigenvalue weighted by molar-refractivity contribution is -0.147. The monoisotopic (exact) mass is 353 g/mol. The van der Waals surface area contributed by atoms with Crippen molar-refractivity contribution in [2.24, 2.45) is 5.41 Å². The van der Waals surface area contributed by atoms with Crippen LogP contribution in [0.4, 0.5) is 4.79 Å². The minimum absolute atomic E-state index is 0.504. The highest BCUT2D eigenvalue weighted by Crippen LogP contribution is 2.48. The summed E-state index contributed by atoms with van der Waals surface area (Å²) >= 11 is 0. The lowest BCUT2D eigenvalue weighted by Crippen LogP contribution is -2.53. The number of hydrogen-bond donors (Lipinski definition) is 1. The Morgan fingerprint density at radius 3 is 1.85 bits per heavy atom. The molecular formula is C21H23NO4. The molecular weight excluding hydrogens is 330 g/mol.